The fourth-order valence-corrected chi connectivity index (χ4v) is 4.05. The third-order valence-corrected chi connectivity index (χ3v) is 6.28. The van der Waals surface area contributed by atoms with Crippen LogP contribution in [0.25, 0.3) is 0 Å². The van der Waals surface area contributed by atoms with Crippen molar-refractivity contribution in [3.63, 3.8) is 0 Å². The molecule has 0 spiro atoms. The van der Waals surface area contributed by atoms with Gasteiger partial charge in [-0.2, -0.15) is 0 Å². The van der Waals surface area contributed by atoms with Crippen LogP contribution in [-0.2, 0) is 9.47 Å². The Morgan fingerprint density at radius 1 is 0.625 bits per heavy atom. The van der Waals surface area contributed by atoms with Crippen LogP contribution in [0.3, 0.4) is 0 Å². The summed E-state index contributed by atoms with van der Waals surface area (Å²) in [5.41, 5.74) is -0.441. The lowest BCUT2D eigenvalue weighted by molar-refractivity contribution is -0.0239. The Bertz CT molecular complexity index is 619. The molecule has 32 heavy (non-hydrogen) atoms. The van der Waals surface area contributed by atoms with E-state index in [1.807, 2.05) is 13.8 Å². The highest BCUT2D eigenvalue weighted by atomic mass is 16.6. The van der Waals surface area contributed by atoms with Crippen molar-refractivity contribution >= 4 is 11.9 Å². The lowest BCUT2D eigenvalue weighted by Crippen LogP contribution is -2.34. The highest BCUT2D eigenvalue weighted by Gasteiger charge is 2.32. The summed E-state index contributed by atoms with van der Waals surface area (Å²) in [6.45, 7) is 12.6. The van der Waals surface area contributed by atoms with E-state index in [1.165, 1.54) is 0 Å². The van der Waals surface area contributed by atoms with E-state index in [4.69, 9.17) is 9.47 Å². The molecule has 0 N–H and O–H groups in total. The largest absolute Gasteiger partial charge is 0.456 e. The molecule has 0 aromatic heterocycles. The topological polar surface area (TPSA) is 52.6 Å². The molecule has 0 amide bonds. The molecule has 182 valence electrons. The van der Waals surface area contributed by atoms with Gasteiger partial charge in [-0.1, -0.05) is 65.5 Å². The van der Waals surface area contributed by atoms with Crippen LogP contribution >= 0.6 is 0 Å². The van der Waals surface area contributed by atoms with Gasteiger partial charge < -0.3 is 9.47 Å². The summed E-state index contributed by atoms with van der Waals surface area (Å²) in [7, 11) is 0. The maximum absolute atomic E-state index is 13.2. The zero-order valence-corrected chi connectivity index (χ0v) is 21.4. The highest BCUT2D eigenvalue weighted by molar-refractivity contribution is 6.03. The first-order valence-corrected chi connectivity index (χ1v) is 12.8. The quantitative estimate of drug-likeness (QED) is 0.240. The van der Waals surface area contributed by atoms with Gasteiger partial charge in [0.25, 0.3) is 0 Å². The fourth-order valence-electron chi connectivity index (χ4n) is 4.05. The van der Waals surface area contributed by atoms with Crippen LogP contribution in [0.4, 0.5) is 0 Å². The van der Waals surface area contributed by atoms with E-state index in [0.717, 1.165) is 77.0 Å². The second kappa shape index (κ2) is 14.3. The Balaban J connectivity index is 3.08. The van der Waals surface area contributed by atoms with Crippen molar-refractivity contribution in [2.75, 3.05) is 0 Å². The maximum atomic E-state index is 13.2. The number of carbonyl (C=O) groups excluding carboxylic acids is 2. The van der Waals surface area contributed by atoms with Gasteiger partial charge in [0.05, 0.1) is 11.1 Å². The van der Waals surface area contributed by atoms with Gasteiger partial charge in [-0.3, -0.25) is 0 Å². The average molecular weight is 447 g/mol. The van der Waals surface area contributed by atoms with Gasteiger partial charge in [0, 0.05) is 0 Å². The van der Waals surface area contributed by atoms with E-state index < -0.39 is 23.1 Å². The van der Waals surface area contributed by atoms with Crippen molar-refractivity contribution in [2.45, 2.75) is 130 Å². The molecule has 0 fully saturated rings. The zero-order chi connectivity index (χ0) is 24.0. The van der Waals surface area contributed by atoms with E-state index in [0.29, 0.717) is 11.1 Å². The van der Waals surface area contributed by atoms with Crippen LogP contribution in [0, 0.1) is 0 Å². The van der Waals surface area contributed by atoms with Gasteiger partial charge in [-0.15, -0.1) is 0 Å². The molecule has 0 aliphatic heterocycles. The van der Waals surface area contributed by atoms with Crippen molar-refractivity contribution in [1.82, 2.24) is 0 Å². The van der Waals surface area contributed by atoms with Crippen LogP contribution < -0.4 is 0 Å². The van der Waals surface area contributed by atoms with Gasteiger partial charge in [-0.05, 0) is 77.3 Å². The molecule has 0 aliphatic rings. The molecule has 0 atom stereocenters. The second-order valence-electron chi connectivity index (χ2n) is 9.64. The molecule has 0 bridgehead atoms. The summed E-state index contributed by atoms with van der Waals surface area (Å²) >= 11 is 0. The Morgan fingerprint density at radius 2 is 0.906 bits per heavy atom. The first-order valence-electron chi connectivity index (χ1n) is 12.8. The number of ether oxygens (including phenoxy) is 2. The van der Waals surface area contributed by atoms with Crippen molar-refractivity contribution in [3.05, 3.63) is 35.4 Å². The Kier molecular flexibility index (Phi) is 12.6. The summed E-state index contributed by atoms with van der Waals surface area (Å²) in [5, 5.41) is 0. The van der Waals surface area contributed by atoms with E-state index in [-0.39, 0.29) is 0 Å². The first-order chi connectivity index (χ1) is 15.2. The standard InChI is InChI=1S/C28H46O4/c1-7-11-19-27(5,20-12-8-2)31-25(29)23-17-15-16-18-24(23)26(30)32-28(6,21-13-9-3)22-14-10-4/h15-18H,7-14,19-22H2,1-6H3. The normalized spacial score (nSPS) is 11.9. The van der Waals surface area contributed by atoms with Crippen molar-refractivity contribution in [3.8, 4) is 0 Å². The number of esters is 2. The monoisotopic (exact) mass is 446 g/mol. The molecule has 1 rings (SSSR count). The molecule has 0 unspecified atom stereocenters. The molecular formula is C28H46O4. The van der Waals surface area contributed by atoms with Crippen LogP contribution in [0.5, 0.6) is 0 Å². The molecule has 0 aliphatic carbocycles. The van der Waals surface area contributed by atoms with Gasteiger partial charge >= 0.3 is 11.9 Å². The van der Waals surface area contributed by atoms with E-state index >= 15 is 0 Å². The maximum Gasteiger partial charge on any atom is 0.339 e. The lowest BCUT2D eigenvalue weighted by atomic mass is 9.92. The number of rotatable bonds is 16. The Morgan fingerprint density at radius 3 is 1.16 bits per heavy atom. The molecule has 0 saturated carbocycles. The molecule has 1 aromatic rings. The third-order valence-electron chi connectivity index (χ3n) is 6.28. The smallest absolute Gasteiger partial charge is 0.339 e. The first kappa shape index (κ1) is 28.2. The van der Waals surface area contributed by atoms with Gasteiger partial charge in [0.2, 0.25) is 0 Å². The van der Waals surface area contributed by atoms with Gasteiger partial charge in [0.15, 0.2) is 0 Å². The van der Waals surface area contributed by atoms with Crippen molar-refractivity contribution in [1.29, 1.82) is 0 Å². The minimum atomic E-state index is -0.517. The summed E-state index contributed by atoms with van der Waals surface area (Å²) in [4.78, 5) is 26.4. The highest BCUT2D eigenvalue weighted by Crippen LogP contribution is 2.30. The summed E-state index contributed by atoms with van der Waals surface area (Å²) in [6.07, 6.45) is 11.5. The van der Waals surface area contributed by atoms with E-state index in [9.17, 15) is 9.59 Å². The van der Waals surface area contributed by atoms with Gasteiger partial charge in [0.1, 0.15) is 11.2 Å². The van der Waals surface area contributed by atoms with Crippen LogP contribution in [-0.4, -0.2) is 23.1 Å². The molecule has 0 saturated heterocycles. The number of carbonyl (C=O) groups is 2. The average Bonchev–Trinajstić information content (AvgIpc) is 2.79. The molecular weight excluding hydrogens is 400 g/mol. The molecule has 4 nitrogen and oxygen atoms in total. The molecule has 1 aromatic carbocycles. The second-order valence-corrected chi connectivity index (χ2v) is 9.64. The Labute approximate surface area is 196 Å². The van der Waals surface area contributed by atoms with Gasteiger partial charge in [-0.25, -0.2) is 9.59 Å². The van der Waals surface area contributed by atoms with Crippen LogP contribution in [0.2, 0.25) is 0 Å². The van der Waals surface area contributed by atoms with Crippen LogP contribution in [0.15, 0.2) is 24.3 Å². The number of benzene rings is 1. The van der Waals surface area contributed by atoms with E-state index in [1.54, 1.807) is 24.3 Å². The summed E-state index contributed by atoms with van der Waals surface area (Å²) < 4.78 is 12.1. The lowest BCUT2D eigenvalue weighted by Gasteiger charge is -2.31. The SMILES string of the molecule is CCCCC(C)(CCCC)OC(=O)c1ccccc1C(=O)OC(C)(CCCC)CCCC. The molecule has 0 radical (unpaired) electrons. The molecule has 4 heteroatoms. The number of unbranched alkanes of at least 4 members (excludes halogenated alkanes) is 4. The minimum Gasteiger partial charge on any atom is -0.456 e. The third kappa shape index (κ3) is 9.34. The van der Waals surface area contributed by atoms with E-state index in [2.05, 4.69) is 27.7 Å². The minimum absolute atomic E-state index is 0.296. The summed E-state index contributed by atoms with van der Waals surface area (Å²) in [6, 6.07) is 6.90. The fraction of sp³-hybridized carbons (Fsp3) is 0.714. The zero-order valence-electron chi connectivity index (χ0n) is 21.4. The summed E-state index contributed by atoms with van der Waals surface area (Å²) in [5.74, 6) is -0.868. The molecule has 0 heterocycles. The predicted molar refractivity (Wildman–Crippen MR) is 132 cm³/mol. The Hall–Kier alpha value is -1.84. The predicted octanol–water partition coefficient (Wildman–Crippen LogP) is 8.28. The number of hydrogen-bond acceptors (Lipinski definition) is 4. The number of hydrogen-bond donors (Lipinski definition) is 0. The van der Waals surface area contributed by atoms with Crippen molar-refractivity contribution in [2.24, 2.45) is 0 Å². The van der Waals surface area contributed by atoms with Crippen molar-refractivity contribution < 1.29 is 19.1 Å². The van der Waals surface area contributed by atoms with Crippen LogP contribution in [0.1, 0.15) is 139 Å².